The molecule has 0 fully saturated rings. The largest absolute Gasteiger partial charge is 0.496 e. The van der Waals surface area contributed by atoms with Crippen LogP contribution in [0.5, 0.6) is 5.75 Å². The summed E-state index contributed by atoms with van der Waals surface area (Å²) >= 11 is 0. The highest BCUT2D eigenvalue weighted by Crippen LogP contribution is 2.28. The molecule has 0 heterocycles. The zero-order valence-corrected chi connectivity index (χ0v) is 8.94. The molecular weight excluding hydrogens is 213 g/mol. The average molecular weight is 227 g/mol. The molecule has 88 valence electrons. The maximum atomic E-state index is 13.0. The van der Waals surface area contributed by atoms with Crippen LogP contribution in [0.15, 0.2) is 18.2 Å². The average Bonchev–Trinajstić information content (AvgIpc) is 2.25. The second kappa shape index (κ2) is 5.46. The molecule has 3 N–H and O–H groups in total. The summed E-state index contributed by atoms with van der Waals surface area (Å²) in [4.78, 5) is 10.6. The van der Waals surface area contributed by atoms with E-state index in [2.05, 4.69) is 0 Å². The van der Waals surface area contributed by atoms with Gasteiger partial charge in [0.2, 0.25) is 5.91 Å². The van der Waals surface area contributed by atoms with Gasteiger partial charge in [-0.15, -0.1) is 0 Å². The maximum Gasteiger partial charge on any atom is 0.217 e. The van der Waals surface area contributed by atoms with Gasteiger partial charge in [-0.2, -0.15) is 0 Å². The number of nitrogens with two attached hydrogens (primary N) is 1. The molecule has 1 aromatic carbocycles. The zero-order valence-electron chi connectivity index (χ0n) is 8.94. The molecule has 1 rings (SSSR count). The molecule has 0 aliphatic rings. The van der Waals surface area contributed by atoms with Crippen LogP contribution in [0.4, 0.5) is 4.39 Å². The van der Waals surface area contributed by atoms with Gasteiger partial charge >= 0.3 is 0 Å². The maximum absolute atomic E-state index is 13.0. The van der Waals surface area contributed by atoms with Gasteiger partial charge in [0.15, 0.2) is 0 Å². The number of rotatable bonds is 5. The van der Waals surface area contributed by atoms with E-state index in [4.69, 9.17) is 10.5 Å². The molecule has 0 aliphatic carbocycles. The Morgan fingerprint density at radius 1 is 1.62 bits per heavy atom. The summed E-state index contributed by atoms with van der Waals surface area (Å²) < 4.78 is 18.0. The van der Waals surface area contributed by atoms with Crippen molar-refractivity contribution in [2.24, 2.45) is 5.73 Å². The molecule has 0 aromatic heterocycles. The van der Waals surface area contributed by atoms with E-state index in [1.807, 2.05) is 0 Å². The first kappa shape index (κ1) is 12.4. The first-order valence-corrected chi connectivity index (χ1v) is 4.84. The number of methoxy groups -OCH3 is 1. The van der Waals surface area contributed by atoms with Crippen molar-refractivity contribution in [2.75, 3.05) is 7.11 Å². The number of aliphatic hydroxyl groups excluding tert-OH is 1. The van der Waals surface area contributed by atoms with E-state index in [1.54, 1.807) is 0 Å². The lowest BCUT2D eigenvalue weighted by atomic mass is 10.0. The quantitative estimate of drug-likeness (QED) is 0.792. The first-order chi connectivity index (χ1) is 7.54. The number of hydrogen-bond donors (Lipinski definition) is 2. The summed E-state index contributed by atoms with van der Waals surface area (Å²) in [6.45, 7) is 0. The van der Waals surface area contributed by atoms with E-state index in [0.717, 1.165) is 0 Å². The van der Waals surface area contributed by atoms with Crippen molar-refractivity contribution in [1.29, 1.82) is 0 Å². The van der Waals surface area contributed by atoms with Gasteiger partial charge in [-0.05, 0) is 24.6 Å². The molecule has 16 heavy (non-hydrogen) atoms. The number of carbonyl (C=O) groups excluding carboxylic acids is 1. The Balaban J connectivity index is 2.84. The van der Waals surface area contributed by atoms with Crippen LogP contribution in [0.25, 0.3) is 0 Å². The van der Waals surface area contributed by atoms with E-state index < -0.39 is 17.8 Å². The van der Waals surface area contributed by atoms with Crippen molar-refractivity contribution in [3.63, 3.8) is 0 Å². The number of primary amides is 1. The van der Waals surface area contributed by atoms with Crippen LogP contribution in [0, 0.1) is 5.82 Å². The monoisotopic (exact) mass is 227 g/mol. The molecule has 0 radical (unpaired) electrons. The van der Waals surface area contributed by atoms with E-state index in [0.29, 0.717) is 11.3 Å². The van der Waals surface area contributed by atoms with Crippen molar-refractivity contribution >= 4 is 5.91 Å². The van der Waals surface area contributed by atoms with Crippen LogP contribution in [0.2, 0.25) is 0 Å². The number of aliphatic hydroxyl groups is 1. The third-order valence-corrected chi connectivity index (χ3v) is 2.21. The minimum absolute atomic E-state index is 0.0425. The first-order valence-electron chi connectivity index (χ1n) is 4.84. The lowest BCUT2D eigenvalue weighted by Gasteiger charge is -2.14. The SMILES string of the molecule is COc1ccc(F)cc1C(O)CCC(N)=O. The Morgan fingerprint density at radius 2 is 2.31 bits per heavy atom. The van der Waals surface area contributed by atoms with Crippen molar-refractivity contribution in [2.45, 2.75) is 18.9 Å². The minimum Gasteiger partial charge on any atom is -0.496 e. The smallest absolute Gasteiger partial charge is 0.217 e. The number of benzene rings is 1. The molecule has 4 nitrogen and oxygen atoms in total. The molecule has 0 saturated carbocycles. The zero-order chi connectivity index (χ0) is 12.1. The molecule has 0 aliphatic heterocycles. The van der Waals surface area contributed by atoms with Crippen LogP contribution < -0.4 is 10.5 Å². The molecule has 0 spiro atoms. The predicted octanol–water partition coefficient (Wildman–Crippen LogP) is 1.13. The highest BCUT2D eigenvalue weighted by molar-refractivity contribution is 5.73. The second-order valence-corrected chi connectivity index (χ2v) is 3.41. The third-order valence-electron chi connectivity index (χ3n) is 2.21. The van der Waals surface area contributed by atoms with E-state index in [1.165, 1.54) is 25.3 Å². The topological polar surface area (TPSA) is 72.6 Å². The highest BCUT2D eigenvalue weighted by Gasteiger charge is 2.14. The van der Waals surface area contributed by atoms with E-state index in [9.17, 15) is 14.3 Å². The fraction of sp³-hybridized carbons (Fsp3) is 0.364. The Labute approximate surface area is 92.8 Å². The summed E-state index contributed by atoms with van der Waals surface area (Å²) in [7, 11) is 1.43. The summed E-state index contributed by atoms with van der Waals surface area (Å²) in [5.74, 6) is -0.582. The number of carbonyl (C=O) groups is 1. The lowest BCUT2D eigenvalue weighted by Crippen LogP contribution is -2.12. The van der Waals surface area contributed by atoms with Crippen LogP contribution in [-0.4, -0.2) is 18.1 Å². The van der Waals surface area contributed by atoms with Gasteiger partial charge in [-0.3, -0.25) is 4.79 Å². The van der Waals surface area contributed by atoms with Crippen molar-refractivity contribution in [3.8, 4) is 5.75 Å². The molecule has 1 amide bonds. The van der Waals surface area contributed by atoms with Gasteiger partial charge < -0.3 is 15.6 Å². The molecule has 1 aromatic rings. The summed E-state index contributed by atoms with van der Waals surface area (Å²) in [5, 5.41) is 9.75. The van der Waals surface area contributed by atoms with Gasteiger partial charge in [0, 0.05) is 12.0 Å². The molecule has 1 atom stereocenters. The highest BCUT2D eigenvalue weighted by atomic mass is 19.1. The van der Waals surface area contributed by atoms with Gasteiger partial charge in [-0.1, -0.05) is 0 Å². The normalized spacial score (nSPS) is 12.2. The fourth-order valence-corrected chi connectivity index (χ4v) is 1.40. The molecule has 0 bridgehead atoms. The Kier molecular flexibility index (Phi) is 4.25. The minimum atomic E-state index is -0.960. The summed E-state index contributed by atoms with van der Waals surface area (Å²) in [5.41, 5.74) is 5.29. The number of halogens is 1. The lowest BCUT2D eigenvalue weighted by molar-refractivity contribution is -0.118. The number of amides is 1. The van der Waals surface area contributed by atoms with Gasteiger partial charge in [0.05, 0.1) is 13.2 Å². The second-order valence-electron chi connectivity index (χ2n) is 3.41. The van der Waals surface area contributed by atoms with Crippen LogP contribution in [-0.2, 0) is 4.79 Å². The Bertz CT molecular complexity index is 381. The molecular formula is C11H14FNO3. The van der Waals surface area contributed by atoms with Gasteiger partial charge in [0.1, 0.15) is 11.6 Å². The van der Waals surface area contributed by atoms with E-state index >= 15 is 0 Å². The summed E-state index contributed by atoms with van der Waals surface area (Å²) in [6.07, 6.45) is -0.770. The summed E-state index contributed by atoms with van der Waals surface area (Å²) in [6, 6.07) is 3.85. The van der Waals surface area contributed by atoms with Crippen molar-refractivity contribution in [3.05, 3.63) is 29.6 Å². The standard InChI is InChI=1S/C11H14FNO3/c1-16-10-4-2-7(12)6-8(10)9(14)3-5-11(13)15/h2,4,6,9,14H,3,5H2,1H3,(H2,13,15). The van der Waals surface area contributed by atoms with Gasteiger partial charge in [0.25, 0.3) is 0 Å². The van der Waals surface area contributed by atoms with Crippen LogP contribution in [0.1, 0.15) is 24.5 Å². The van der Waals surface area contributed by atoms with Crippen LogP contribution >= 0.6 is 0 Å². The molecule has 0 saturated heterocycles. The van der Waals surface area contributed by atoms with Crippen molar-refractivity contribution < 1.29 is 19.0 Å². The molecule has 1 unspecified atom stereocenters. The van der Waals surface area contributed by atoms with Crippen molar-refractivity contribution in [1.82, 2.24) is 0 Å². The molecule has 5 heteroatoms. The number of hydrogen-bond acceptors (Lipinski definition) is 3. The van der Waals surface area contributed by atoms with E-state index in [-0.39, 0.29) is 12.8 Å². The Morgan fingerprint density at radius 3 is 2.88 bits per heavy atom. The number of ether oxygens (including phenoxy) is 1. The fourth-order valence-electron chi connectivity index (χ4n) is 1.40. The third kappa shape index (κ3) is 3.20. The van der Waals surface area contributed by atoms with Gasteiger partial charge in [-0.25, -0.2) is 4.39 Å². The Hall–Kier alpha value is -1.62. The predicted molar refractivity (Wildman–Crippen MR) is 56.3 cm³/mol. The van der Waals surface area contributed by atoms with Crippen LogP contribution in [0.3, 0.4) is 0 Å².